The first-order chi connectivity index (χ1) is 8.69. The molecule has 0 bridgehead atoms. The van der Waals surface area contributed by atoms with Crippen molar-refractivity contribution in [3.8, 4) is 0 Å². The first-order valence-corrected chi connectivity index (χ1v) is 6.74. The summed E-state index contributed by atoms with van der Waals surface area (Å²) >= 11 is 5.84. The van der Waals surface area contributed by atoms with Gasteiger partial charge in [0.1, 0.15) is 11.3 Å². The highest BCUT2D eigenvalue weighted by molar-refractivity contribution is 6.17. The van der Waals surface area contributed by atoms with Crippen molar-refractivity contribution in [2.24, 2.45) is 7.05 Å². The van der Waals surface area contributed by atoms with Crippen LogP contribution in [0.15, 0.2) is 0 Å². The van der Waals surface area contributed by atoms with Crippen LogP contribution in [-0.2, 0) is 24.8 Å². The predicted molar refractivity (Wildman–Crippen MR) is 72.2 cm³/mol. The first kappa shape index (κ1) is 13.4. The van der Waals surface area contributed by atoms with Crippen LogP contribution in [0.5, 0.6) is 0 Å². The zero-order chi connectivity index (χ0) is 13.1. The van der Waals surface area contributed by atoms with E-state index in [2.05, 4.69) is 14.6 Å². The summed E-state index contributed by atoms with van der Waals surface area (Å²) in [6, 6.07) is 0. The summed E-state index contributed by atoms with van der Waals surface area (Å²) in [6.45, 7) is 6.17. The van der Waals surface area contributed by atoms with Gasteiger partial charge >= 0.3 is 0 Å². The molecule has 0 saturated heterocycles. The van der Waals surface area contributed by atoms with Crippen LogP contribution in [0.2, 0.25) is 0 Å². The zero-order valence-electron chi connectivity index (χ0n) is 11.1. The minimum Gasteiger partial charge on any atom is -0.380 e. The van der Waals surface area contributed by atoms with Crippen molar-refractivity contribution >= 4 is 22.8 Å². The van der Waals surface area contributed by atoms with Gasteiger partial charge in [-0.3, -0.25) is 4.68 Å². The summed E-state index contributed by atoms with van der Waals surface area (Å²) in [5.74, 6) is 1.58. The van der Waals surface area contributed by atoms with E-state index in [9.17, 15) is 0 Å². The first-order valence-electron chi connectivity index (χ1n) is 6.21. The summed E-state index contributed by atoms with van der Waals surface area (Å²) in [5.41, 5.74) is 2.97. The molecule has 0 aliphatic rings. The number of aryl methyl sites for hydroxylation is 3. The summed E-state index contributed by atoms with van der Waals surface area (Å²) in [5, 5.41) is 4.40. The van der Waals surface area contributed by atoms with Gasteiger partial charge in [-0.05, 0) is 13.8 Å². The van der Waals surface area contributed by atoms with Crippen molar-refractivity contribution in [3.63, 3.8) is 0 Å². The van der Waals surface area contributed by atoms with Gasteiger partial charge in [-0.1, -0.05) is 0 Å². The third kappa shape index (κ3) is 2.37. The summed E-state index contributed by atoms with van der Waals surface area (Å²) < 4.78 is 9.46. The lowest BCUT2D eigenvalue weighted by molar-refractivity contribution is 0.139. The Morgan fingerprint density at radius 2 is 2.17 bits per heavy atom. The third-order valence-corrected chi connectivity index (χ3v) is 3.14. The molecule has 6 heteroatoms. The maximum absolute atomic E-state index is 5.84. The van der Waals surface area contributed by atoms with Crippen LogP contribution < -0.4 is 0 Å². The van der Waals surface area contributed by atoms with Gasteiger partial charge < -0.3 is 9.30 Å². The van der Waals surface area contributed by atoms with Gasteiger partial charge in [0.2, 0.25) is 0 Å². The maximum atomic E-state index is 5.84. The van der Waals surface area contributed by atoms with Gasteiger partial charge in [0, 0.05) is 32.5 Å². The molecular weight excluding hydrogens is 252 g/mol. The second kappa shape index (κ2) is 5.71. The third-order valence-electron chi connectivity index (χ3n) is 2.95. The molecule has 0 spiro atoms. The number of imidazole rings is 1. The van der Waals surface area contributed by atoms with E-state index in [1.807, 2.05) is 25.6 Å². The molecule has 0 amide bonds. The van der Waals surface area contributed by atoms with Crippen LogP contribution in [0.1, 0.15) is 18.4 Å². The second-order valence-electron chi connectivity index (χ2n) is 4.20. The molecule has 0 fully saturated rings. The lowest BCUT2D eigenvalue weighted by atomic mass is 10.4. The molecule has 0 saturated carbocycles. The van der Waals surface area contributed by atoms with Crippen molar-refractivity contribution in [2.75, 3.05) is 19.1 Å². The Morgan fingerprint density at radius 1 is 1.39 bits per heavy atom. The number of rotatable bonds is 6. The van der Waals surface area contributed by atoms with Crippen molar-refractivity contribution < 1.29 is 4.74 Å². The van der Waals surface area contributed by atoms with Gasteiger partial charge in [-0.15, -0.1) is 11.6 Å². The smallest absolute Gasteiger partial charge is 0.158 e. The highest BCUT2D eigenvalue weighted by atomic mass is 35.5. The van der Waals surface area contributed by atoms with Crippen LogP contribution in [0.4, 0.5) is 0 Å². The van der Waals surface area contributed by atoms with E-state index >= 15 is 0 Å². The van der Waals surface area contributed by atoms with Crippen LogP contribution in [0.3, 0.4) is 0 Å². The van der Waals surface area contributed by atoms with E-state index in [-0.39, 0.29) is 0 Å². The Labute approximate surface area is 112 Å². The van der Waals surface area contributed by atoms with Crippen LogP contribution in [0, 0.1) is 6.92 Å². The van der Waals surface area contributed by atoms with Gasteiger partial charge in [-0.25, -0.2) is 4.98 Å². The normalized spacial score (nSPS) is 11.6. The number of hydrogen-bond donors (Lipinski definition) is 0. The molecule has 2 aromatic rings. The molecular formula is C12H19ClN4O. The molecule has 2 heterocycles. The molecule has 0 aliphatic heterocycles. The molecule has 2 rings (SSSR count). The van der Waals surface area contributed by atoms with Gasteiger partial charge in [0.05, 0.1) is 12.3 Å². The van der Waals surface area contributed by atoms with Crippen molar-refractivity contribution in [1.29, 1.82) is 0 Å². The van der Waals surface area contributed by atoms with Gasteiger partial charge in [-0.2, -0.15) is 5.10 Å². The molecule has 0 aromatic carbocycles. The Balaban J connectivity index is 2.40. The SMILES string of the molecule is CCOCCn1c(CCCl)nc2c(C)nn(C)c21. The van der Waals surface area contributed by atoms with Crippen molar-refractivity contribution in [3.05, 3.63) is 11.5 Å². The van der Waals surface area contributed by atoms with Crippen molar-refractivity contribution in [1.82, 2.24) is 19.3 Å². The maximum Gasteiger partial charge on any atom is 0.158 e. The monoisotopic (exact) mass is 270 g/mol. The minimum absolute atomic E-state index is 0.574. The molecule has 2 aromatic heterocycles. The van der Waals surface area contributed by atoms with Crippen LogP contribution in [-0.4, -0.2) is 38.4 Å². The number of alkyl halides is 1. The molecule has 0 aliphatic carbocycles. The fourth-order valence-corrected chi connectivity index (χ4v) is 2.36. The average Bonchev–Trinajstić information content (AvgIpc) is 2.81. The number of fused-ring (bicyclic) bond motifs is 1. The summed E-state index contributed by atoms with van der Waals surface area (Å²) in [7, 11) is 1.94. The minimum atomic E-state index is 0.574. The Hall–Kier alpha value is -1.07. The van der Waals surface area contributed by atoms with Gasteiger partial charge in [0.25, 0.3) is 0 Å². The molecule has 0 N–H and O–H groups in total. The Morgan fingerprint density at radius 3 is 2.83 bits per heavy atom. The molecule has 100 valence electrons. The highest BCUT2D eigenvalue weighted by Crippen LogP contribution is 2.19. The summed E-state index contributed by atoms with van der Waals surface area (Å²) in [4.78, 5) is 4.64. The van der Waals surface area contributed by atoms with E-state index in [4.69, 9.17) is 16.3 Å². The van der Waals surface area contributed by atoms with E-state index in [0.717, 1.165) is 42.3 Å². The Bertz CT molecular complexity index is 532. The molecule has 0 radical (unpaired) electrons. The Kier molecular flexibility index (Phi) is 4.24. The van der Waals surface area contributed by atoms with Gasteiger partial charge in [0.15, 0.2) is 5.65 Å². The predicted octanol–water partition coefficient (Wildman–Crippen LogP) is 1.90. The van der Waals surface area contributed by atoms with Crippen LogP contribution in [0.25, 0.3) is 11.2 Å². The summed E-state index contributed by atoms with van der Waals surface area (Å²) in [6.07, 6.45) is 0.766. The van der Waals surface area contributed by atoms with E-state index in [0.29, 0.717) is 12.5 Å². The average molecular weight is 271 g/mol. The largest absolute Gasteiger partial charge is 0.380 e. The van der Waals surface area contributed by atoms with E-state index in [1.54, 1.807) is 0 Å². The lowest BCUT2D eigenvalue weighted by Gasteiger charge is -2.08. The standard InChI is InChI=1S/C12H19ClN4O/c1-4-18-8-7-17-10(5-6-13)14-11-9(2)15-16(3)12(11)17/h4-8H2,1-3H3. The lowest BCUT2D eigenvalue weighted by Crippen LogP contribution is -2.12. The number of halogens is 1. The second-order valence-corrected chi connectivity index (χ2v) is 4.57. The number of hydrogen-bond acceptors (Lipinski definition) is 3. The van der Waals surface area contributed by atoms with Crippen LogP contribution >= 0.6 is 11.6 Å². The molecule has 5 nitrogen and oxygen atoms in total. The number of aromatic nitrogens is 4. The van der Waals surface area contributed by atoms with Crippen molar-refractivity contribution in [2.45, 2.75) is 26.8 Å². The quantitative estimate of drug-likeness (QED) is 0.595. The number of nitrogens with zero attached hydrogens (tertiary/aromatic N) is 4. The highest BCUT2D eigenvalue weighted by Gasteiger charge is 2.16. The zero-order valence-corrected chi connectivity index (χ0v) is 11.9. The molecule has 0 unspecified atom stereocenters. The topological polar surface area (TPSA) is 44.9 Å². The van der Waals surface area contributed by atoms with E-state index < -0.39 is 0 Å². The number of ether oxygens (including phenoxy) is 1. The van der Waals surface area contributed by atoms with E-state index in [1.165, 1.54) is 0 Å². The molecule has 18 heavy (non-hydrogen) atoms. The molecule has 0 atom stereocenters. The fraction of sp³-hybridized carbons (Fsp3) is 0.667. The fourth-order valence-electron chi connectivity index (χ4n) is 2.19.